The summed E-state index contributed by atoms with van der Waals surface area (Å²) < 4.78 is 1.79. The van der Waals surface area contributed by atoms with Crippen LogP contribution in [0.25, 0.3) is 0 Å². The normalized spacial score (nSPS) is 10.7. The van der Waals surface area contributed by atoms with Crippen molar-refractivity contribution in [1.82, 2.24) is 19.7 Å². The Bertz CT molecular complexity index is 549. The topological polar surface area (TPSA) is 55.6 Å². The van der Waals surface area contributed by atoms with Crippen LogP contribution in [0.15, 0.2) is 12.5 Å². The van der Waals surface area contributed by atoms with Gasteiger partial charge in [-0.15, -0.1) is 0 Å². The van der Waals surface area contributed by atoms with Gasteiger partial charge in [0.25, 0.3) is 0 Å². The third kappa shape index (κ3) is 2.46. The van der Waals surface area contributed by atoms with E-state index in [-0.39, 0.29) is 0 Å². The van der Waals surface area contributed by atoms with Crippen LogP contribution in [-0.4, -0.2) is 19.7 Å². The minimum Gasteiger partial charge on any atom is -0.337 e. The number of rotatable bonds is 4. The van der Waals surface area contributed by atoms with Gasteiger partial charge in [0.1, 0.15) is 17.3 Å². The lowest BCUT2D eigenvalue weighted by Crippen LogP contribution is -2.01. The van der Waals surface area contributed by atoms with E-state index in [1.54, 1.807) is 4.68 Å². The summed E-state index contributed by atoms with van der Waals surface area (Å²) >= 11 is 6.06. The molecule has 1 N–H and O–H groups in total. The largest absolute Gasteiger partial charge is 0.337 e. The molecule has 2 heterocycles. The zero-order valence-electron chi connectivity index (χ0n) is 10.7. The van der Waals surface area contributed by atoms with E-state index in [1.165, 1.54) is 6.33 Å². The van der Waals surface area contributed by atoms with Crippen molar-refractivity contribution in [2.75, 3.05) is 5.32 Å². The van der Waals surface area contributed by atoms with Gasteiger partial charge in [-0.25, -0.2) is 9.97 Å². The maximum Gasteiger partial charge on any atom is 0.138 e. The van der Waals surface area contributed by atoms with Crippen LogP contribution in [0, 0.1) is 0 Å². The molecule has 0 aliphatic rings. The molecule has 96 valence electrons. The van der Waals surface area contributed by atoms with Crippen LogP contribution in [0.4, 0.5) is 11.5 Å². The van der Waals surface area contributed by atoms with Crippen LogP contribution in [0.3, 0.4) is 0 Å². The van der Waals surface area contributed by atoms with Crippen LogP contribution in [-0.2, 0) is 19.9 Å². The van der Waals surface area contributed by atoms with Gasteiger partial charge in [-0.3, -0.25) is 4.68 Å². The van der Waals surface area contributed by atoms with E-state index in [1.807, 2.05) is 20.2 Å². The second-order valence-corrected chi connectivity index (χ2v) is 4.34. The van der Waals surface area contributed by atoms with Gasteiger partial charge >= 0.3 is 0 Å². The highest BCUT2D eigenvalue weighted by Crippen LogP contribution is 2.25. The number of halogens is 1. The van der Waals surface area contributed by atoms with E-state index in [9.17, 15) is 0 Å². The van der Waals surface area contributed by atoms with Crippen LogP contribution < -0.4 is 5.32 Å². The Morgan fingerprint density at radius 3 is 2.72 bits per heavy atom. The molecule has 0 unspecified atom stereocenters. The number of nitrogens with one attached hydrogen (secondary N) is 1. The van der Waals surface area contributed by atoms with Crippen LogP contribution in [0.2, 0.25) is 5.15 Å². The van der Waals surface area contributed by atoms with E-state index in [0.29, 0.717) is 5.15 Å². The van der Waals surface area contributed by atoms with Crippen molar-refractivity contribution in [1.29, 1.82) is 0 Å². The molecule has 0 fully saturated rings. The molecule has 5 nitrogen and oxygen atoms in total. The highest BCUT2D eigenvalue weighted by atomic mass is 35.5. The van der Waals surface area contributed by atoms with Crippen molar-refractivity contribution in [3.05, 3.63) is 28.9 Å². The number of aryl methyl sites for hydroxylation is 2. The van der Waals surface area contributed by atoms with Crippen LogP contribution in [0.5, 0.6) is 0 Å². The average molecular weight is 266 g/mol. The third-order valence-corrected chi connectivity index (χ3v) is 3.07. The van der Waals surface area contributed by atoms with Gasteiger partial charge in [0.2, 0.25) is 0 Å². The summed E-state index contributed by atoms with van der Waals surface area (Å²) in [6.45, 7) is 4.10. The molecule has 0 spiro atoms. The van der Waals surface area contributed by atoms with Gasteiger partial charge in [-0.2, -0.15) is 5.10 Å². The Hall–Kier alpha value is -1.62. The van der Waals surface area contributed by atoms with E-state index in [2.05, 4.69) is 27.3 Å². The molecule has 0 aliphatic heterocycles. The fourth-order valence-corrected chi connectivity index (χ4v) is 2.11. The number of anilines is 2. The zero-order valence-corrected chi connectivity index (χ0v) is 11.5. The van der Waals surface area contributed by atoms with E-state index < -0.39 is 0 Å². The third-order valence-electron chi connectivity index (χ3n) is 2.74. The van der Waals surface area contributed by atoms with Crippen LogP contribution >= 0.6 is 11.6 Å². The minimum absolute atomic E-state index is 0.497. The molecule has 0 aliphatic carbocycles. The van der Waals surface area contributed by atoms with Crippen molar-refractivity contribution in [3.63, 3.8) is 0 Å². The summed E-state index contributed by atoms with van der Waals surface area (Å²) in [7, 11) is 1.90. The lowest BCUT2D eigenvalue weighted by molar-refractivity contribution is 0.746. The average Bonchev–Trinajstić information content (AvgIpc) is 2.70. The first kappa shape index (κ1) is 12.8. The molecule has 6 heteroatoms. The highest BCUT2D eigenvalue weighted by Gasteiger charge is 2.11. The Kier molecular flexibility index (Phi) is 3.81. The first-order valence-corrected chi connectivity index (χ1v) is 6.32. The quantitative estimate of drug-likeness (QED) is 0.864. The maximum absolute atomic E-state index is 6.06. The highest BCUT2D eigenvalue weighted by molar-refractivity contribution is 6.30. The monoisotopic (exact) mass is 265 g/mol. The fraction of sp³-hybridized carbons (Fsp3) is 0.417. The Labute approximate surface area is 111 Å². The van der Waals surface area contributed by atoms with Crippen molar-refractivity contribution in [2.24, 2.45) is 7.05 Å². The molecule has 2 rings (SSSR count). The molecule has 0 saturated heterocycles. The predicted molar refractivity (Wildman–Crippen MR) is 72.3 cm³/mol. The van der Waals surface area contributed by atoms with Crippen molar-refractivity contribution >= 4 is 23.1 Å². The molecule has 0 bridgehead atoms. The zero-order chi connectivity index (χ0) is 13.1. The summed E-state index contributed by atoms with van der Waals surface area (Å²) in [5.74, 6) is 0.750. The van der Waals surface area contributed by atoms with Gasteiger partial charge < -0.3 is 5.32 Å². The van der Waals surface area contributed by atoms with Gasteiger partial charge in [-0.05, 0) is 12.8 Å². The molecular formula is C12H16ClN5. The number of aromatic nitrogens is 4. The molecule has 18 heavy (non-hydrogen) atoms. The lowest BCUT2D eigenvalue weighted by atomic mass is 10.2. The summed E-state index contributed by atoms with van der Waals surface area (Å²) in [6.07, 6.45) is 5.05. The van der Waals surface area contributed by atoms with Crippen LogP contribution in [0.1, 0.15) is 25.1 Å². The van der Waals surface area contributed by atoms with E-state index in [4.69, 9.17) is 11.6 Å². The van der Waals surface area contributed by atoms with E-state index >= 15 is 0 Å². The second-order valence-electron chi connectivity index (χ2n) is 3.99. The first-order chi connectivity index (χ1) is 8.65. The minimum atomic E-state index is 0.497. The number of nitrogens with zero attached hydrogens (tertiary/aromatic N) is 4. The van der Waals surface area contributed by atoms with Gasteiger partial charge in [0.05, 0.1) is 11.4 Å². The molecule has 0 aromatic carbocycles. The summed E-state index contributed by atoms with van der Waals surface area (Å²) in [5, 5.41) is 8.16. The molecule has 0 radical (unpaired) electrons. The Morgan fingerprint density at radius 2 is 2.06 bits per heavy atom. The molecular weight excluding hydrogens is 250 g/mol. The van der Waals surface area contributed by atoms with Crippen molar-refractivity contribution in [2.45, 2.75) is 26.7 Å². The Morgan fingerprint density at radius 1 is 1.28 bits per heavy atom. The second kappa shape index (κ2) is 5.35. The molecule has 2 aromatic rings. The number of hydrogen-bond acceptors (Lipinski definition) is 4. The summed E-state index contributed by atoms with van der Waals surface area (Å²) in [4.78, 5) is 8.24. The standard InChI is InChI=1S/C12H16ClN5/c1-4-8-11(13)14-7-15-12(8)16-10-6-18(3)17-9(10)5-2/h6-7H,4-5H2,1-3H3,(H,14,15,16). The SMILES string of the molecule is CCc1nn(C)cc1Nc1ncnc(Cl)c1CC. The molecule has 0 atom stereocenters. The molecule has 2 aromatic heterocycles. The predicted octanol–water partition coefficient (Wildman–Crippen LogP) is 2.73. The number of hydrogen-bond donors (Lipinski definition) is 1. The lowest BCUT2D eigenvalue weighted by Gasteiger charge is -2.09. The Balaban J connectivity index is 2.36. The van der Waals surface area contributed by atoms with Gasteiger partial charge in [0.15, 0.2) is 0 Å². The molecule has 0 amide bonds. The van der Waals surface area contributed by atoms with E-state index in [0.717, 1.165) is 35.6 Å². The van der Waals surface area contributed by atoms with Gasteiger partial charge in [0, 0.05) is 18.8 Å². The summed E-state index contributed by atoms with van der Waals surface area (Å²) in [6, 6.07) is 0. The fourth-order valence-electron chi connectivity index (χ4n) is 1.84. The molecule has 0 saturated carbocycles. The smallest absolute Gasteiger partial charge is 0.138 e. The van der Waals surface area contributed by atoms with Crippen molar-refractivity contribution in [3.8, 4) is 0 Å². The van der Waals surface area contributed by atoms with Crippen molar-refractivity contribution < 1.29 is 0 Å². The maximum atomic E-state index is 6.06. The van der Waals surface area contributed by atoms with Gasteiger partial charge in [-0.1, -0.05) is 25.4 Å². The first-order valence-electron chi connectivity index (χ1n) is 5.94. The summed E-state index contributed by atoms with van der Waals surface area (Å²) in [5.41, 5.74) is 2.89.